The Bertz CT molecular complexity index is 326. The van der Waals surface area contributed by atoms with Gasteiger partial charge in [-0.15, -0.1) is 0 Å². The van der Waals surface area contributed by atoms with Gasteiger partial charge in [0.05, 0.1) is 5.69 Å². The SMILES string of the molecule is CC(C)C(=O)Nc1ccccc1OCl. The van der Waals surface area contributed by atoms with E-state index >= 15 is 0 Å². The summed E-state index contributed by atoms with van der Waals surface area (Å²) in [5.74, 6) is 0.313. The van der Waals surface area contributed by atoms with Crippen molar-refractivity contribution in [2.24, 2.45) is 5.92 Å². The summed E-state index contributed by atoms with van der Waals surface area (Å²) in [5, 5.41) is 2.71. The van der Waals surface area contributed by atoms with Crippen LogP contribution in [0.25, 0.3) is 0 Å². The van der Waals surface area contributed by atoms with Gasteiger partial charge in [-0.2, -0.15) is 0 Å². The Morgan fingerprint density at radius 1 is 1.43 bits per heavy atom. The van der Waals surface area contributed by atoms with Crippen molar-refractivity contribution >= 4 is 23.5 Å². The highest BCUT2D eigenvalue weighted by Gasteiger charge is 2.10. The van der Waals surface area contributed by atoms with Crippen molar-refractivity contribution in [1.29, 1.82) is 0 Å². The maximum Gasteiger partial charge on any atom is 0.227 e. The molecule has 1 amide bonds. The molecule has 1 N–H and O–H groups in total. The molecule has 0 atom stereocenters. The van der Waals surface area contributed by atoms with Crippen molar-refractivity contribution in [3.05, 3.63) is 24.3 Å². The van der Waals surface area contributed by atoms with Crippen LogP contribution < -0.4 is 9.61 Å². The van der Waals surface area contributed by atoms with Gasteiger partial charge >= 0.3 is 0 Å². The van der Waals surface area contributed by atoms with Crippen molar-refractivity contribution in [2.75, 3.05) is 5.32 Å². The molecule has 1 aromatic carbocycles. The number of nitrogens with one attached hydrogen (secondary N) is 1. The number of hydrogen-bond donors (Lipinski definition) is 1. The van der Waals surface area contributed by atoms with Gasteiger partial charge in [0, 0.05) is 5.92 Å². The first-order valence-electron chi connectivity index (χ1n) is 4.33. The lowest BCUT2D eigenvalue weighted by atomic mass is 10.2. The molecule has 0 aliphatic carbocycles. The summed E-state index contributed by atoms with van der Waals surface area (Å²) in [6.45, 7) is 3.64. The van der Waals surface area contributed by atoms with Crippen LogP contribution in [0.5, 0.6) is 5.75 Å². The Balaban J connectivity index is 2.80. The third kappa shape index (κ3) is 2.64. The molecular formula is C10H12ClNO2. The van der Waals surface area contributed by atoms with E-state index in [2.05, 4.69) is 9.61 Å². The van der Waals surface area contributed by atoms with Crippen LogP contribution in [0.15, 0.2) is 24.3 Å². The van der Waals surface area contributed by atoms with E-state index in [1.54, 1.807) is 24.3 Å². The minimum absolute atomic E-state index is 0.0637. The molecule has 0 heterocycles. The van der Waals surface area contributed by atoms with Gasteiger partial charge < -0.3 is 9.61 Å². The van der Waals surface area contributed by atoms with Crippen LogP contribution in [0.3, 0.4) is 0 Å². The van der Waals surface area contributed by atoms with Crippen LogP contribution in [0.2, 0.25) is 0 Å². The molecule has 0 radical (unpaired) electrons. The highest BCUT2D eigenvalue weighted by Crippen LogP contribution is 2.24. The number of amides is 1. The second-order valence-electron chi connectivity index (χ2n) is 3.22. The summed E-state index contributed by atoms with van der Waals surface area (Å²) < 4.78 is 4.58. The second-order valence-corrected chi connectivity index (χ2v) is 3.37. The van der Waals surface area contributed by atoms with Crippen molar-refractivity contribution in [2.45, 2.75) is 13.8 Å². The molecule has 0 saturated heterocycles. The Hall–Kier alpha value is -1.22. The van der Waals surface area contributed by atoms with E-state index in [1.807, 2.05) is 13.8 Å². The van der Waals surface area contributed by atoms with E-state index in [0.717, 1.165) is 0 Å². The van der Waals surface area contributed by atoms with Crippen molar-refractivity contribution in [3.8, 4) is 5.75 Å². The fraction of sp³-hybridized carbons (Fsp3) is 0.300. The van der Waals surface area contributed by atoms with Crippen molar-refractivity contribution < 1.29 is 9.08 Å². The van der Waals surface area contributed by atoms with Gasteiger partial charge in [-0.05, 0) is 12.1 Å². The lowest BCUT2D eigenvalue weighted by Crippen LogP contribution is -2.17. The fourth-order valence-corrected chi connectivity index (χ4v) is 1.05. The zero-order valence-electron chi connectivity index (χ0n) is 8.08. The third-order valence-corrected chi connectivity index (χ3v) is 1.92. The zero-order chi connectivity index (χ0) is 10.6. The van der Waals surface area contributed by atoms with Gasteiger partial charge in [0.15, 0.2) is 5.75 Å². The van der Waals surface area contributed by atoms with Crippen LogP contribution in [-0.2, 0) is 4.79 Å². The van der Waals surface area contributed by atoms with Gasteiger partial charge in [-0.3, -0.25) is 4.79 Å². The summed E-state index contributed by atoms with van der Waals surface area (Å²) in [6, 6.07) is 7.00. The van der Waals surface area contributed by atoms with Crippen molar-refractivity contribution in [1.82, 2.24) is 0 Å². The molecule has 0 fully saturated rings. The normalized spacial score (nSPS) is 10.0. The Labute approximate surface area is 88.2 Å². The summed E-state index contributed by atoms with van der Waals surface area (Å²) in [4.78, 5) is 11.4. The number of hydrogen-bond acceptors (Lipinski definition) is 2. The number of anilines is 1. The Morgan fingerprint density at radius 2 is 2.07 bits per heavy atom. The van der Waals surface area contributed by atoms with E-state index in [4.69, 9.17) is 11.9 Å². The van der Waals surface area contributed by atoms with E-state index in [0.29, 0.717) is 11.4 Å². The molecule has 0 aromatic heterocycles. The number of carbonyl (C=O) groups is 1. The largest absolute Gasteiger partial charge is 0.383 e. The van der Waals surface area contributed by atoms with E-state index in [9.17, 15) is 4.79 Å². The lowest BCUT2D eigenvalue weighted by molar-refractivity contribution is -0.118. The first kappa shape index (κ1) is 10.9. The van der Waals surface area contributed by atoms with Crippen LogP contribution >= 0.6 is 11.9 Å². The van der Waals surface area contributed by atoms with E-state index in [-0.39, 0.29) is 11.8 Å². The topological polar surface area (TPSA) is 38.3 Å². The highest BCUT2D eigenvalue weighted by molar-refractivity contribution is 6.09. The number of carbonyl (C=O) groups excluding carboxylic acids is 1. The minimum Gasteiger partial charge on any atom is -0.383 e. The standard InChI is InChI=1S/C10H12ClNO2/c1-7(2)10(13)12-8-5-3-4-6-9(8)14-11/h3-7H,1-2H3,(H,12,13). The van der Waals surface area contributed by atoms with Crippen LogP contribution in [0, 0.1) is 5.92 Å². The quantitative estimate of drug-likeness (QED) is 0.839. The van der Waals surface area contributed by atoms with Crippen molar-refractivity contribution in [3.63, 3.8) is 0 Å². The summed E-state index contributed by atoms with van der Waals surface area (Å²) in [7, 11) is 0. The van der Waals surface area contributed by atoms with Gasteiger partial charge in [0.1, 0.15) is 11.9 Å². The van der Waals surface area contributed by atoms with Crippen LogP contribution in [0.1, 0.15) is 13.8 Å². The van der Waals surface area contributed by atoms with Gasteiger partial charge in [-0.1, -0.05) is 26.0 Å². The number of para-hydroxylation sites is 2. The molecule has 0 spiro atoms. The first-order valence-corrected chi connectivity index (χ1v) is 4.64. The summed E-state index contributed by atoms with van der Waals surface area (Å²) in [5.41, 5.74) is 0.584. The molecule has 0 saturated carbocycles. The number of rotatable bonds is 3. The lowest BCUT2D eigenvalue weighted by Gasteiger charge is -2.09. The van der Waals surface area contributed by atoms with Gasteiger partial charge in [-0.25, -0.2) is 0 Å². The fourth-order valence-electron chi connectivity index (χ4n) is 0.914. The molecule has 1 aromatic rings. The molecule has 76 valence electrons. The minimum atomic E-state index is -0.0709. The number of halogens is 1. The molecule has 14 heavy (non-hydrogen) atoms. The maximum absolute atomic E-state index is 11.4. The maximum atomic E-state index is 11.4. The first-order chi connectivity index (χ1) is 6.65. The van der Waals surface area contributed by atoms with Crippen LogP contribution in [-0.4, -0.2) is 5.91 Å². The summed E-state index contributed by atoms with van der Waals surface area (Å²) >= 11 is 5.24. The Morgan fingerprint density at radius 3 is 2.64 bits per heavy atom. The predicted octanol–water partition coefficient (Wildman–Crippen LogP) is 2.81. The van der Waals surface area contributed by atoms with Gasteiger partial charge in [0.25, 0.3) is 0 Å². The molecule has 0 aliphatic rings. The van der Waals surface area contributed by atoms with E-state index in [1.165, 1.54) is 0 Å². The Kier molecular flexibility index (Phi) is 3.77. The highest BCUT2D eigenvalue weighted by atomic mass is 35.5. The second kappa shape index (κ2) is 4.86. The molecular weight excluding hydrogens is 202 g/mol. The molecule has 4 heteroatoms. The predicted molar refractivity (Wildman–Crippen MR) is 56.4 cm³/mol. The molecule has 3 nitrogen and oxygen atoms in total. The zero-order valence-corrected chi connectivity index (χ0v) is 8.84. The molecule has 0 aliphatic heterocycles. The monoisotopic (exact) mass is 213 g/mol. The smallest absolute Gasteiger partial charge is 0.227 e. The summed E-state index contributed by atoms with van der Waals surface area (Å²) in [6.07, 6.45) is 0. The average molecular weight is 214 g/mol. The van der Waals surface area contributed by atoms with Gasteiger partial charge in [0.2, 0.25) is 5.91 Å². The third-order valence-electron chi connectivity index (χ3n) is 1.75. The molecule has 1 rings (SSSR count). The number of benzene rings is 1. The molecule has 0 bridgehead atoms. The van der Waals surface area contributed by atoms with E-state index < -0.39 is 0 Å². The van der Waals surface area contributed by atoms with Crippen LogP contribution in [0.4, 0.5) is 5.69 Å². The molecule has 0 unspecified atom stereocenters. The average Bonchev–Trinajstić information content (AvgIpc) is 2.18.